The Hall–Kier alpha value is -2.17. The number of thiophene rings is 1. The van der Waals surface area contributed by atoms with E-state index in [1.165, 1.54) is 35.2 Å². The topological polar surface area (TPSA) is 89.3 Å². The van der Waals surface area contributed by atoms with Gasteiger partial charge in [0.1, 0.15) is 9.73 Å². The summed E-state index contributed by atoms with van der Waals surface area (Å²) in [5, 5.41) is 1.23. The normalized spacial score (nSPS) is 15.1. The molecule has 1 aromatic carbocycles. The quantitative estimate of drug-likeness (QED) is 0.380. The van der Waals surface area contributed by atoms with Crippen molar-refractivity contribution >= 4 is 49.2 Å². The molecule has 1 amide bonds. The summed E-state index contributed by atoms with van der Waals surface area (Å²) in [5.41, 5.74) is 1.11. The van der Waals surface area contributed by atoms with Gasteiger partial charge in [-0.1, -0.05) is 37.2 Å². The van der Waals surface area contributed by atoms with Crippen LogP contribution in [-0.4, -0.2) is 40.5 Å². The van der Waals surface area contributed by atoms with Crippen molar-refractivity contribution in [2.75, 3.05) is 12.3 Å². The fourth-order valence-corrected chi connectivity index (χ4v) is 7.31. The summed E-state index contributed by atoms with van der Waals surface area (Å²) in [5.74, 6) is -0.195. The number of sulfonamides is 1. The molecule has 0 atom stereocenters. The van der Waals surface area contributed by atoms with E-state index >= 15 is 0 Å². The van der Waals surface area contributed by atoms with Crippen molar-refractivity contribution in [3.8, 4) is 0 Å². The highest BCUT2D eigenvalue weighted by atomic mass is 32.2. The molecule has 10 heteroatoms. The van der Waals surface area contributed by atoms with Crippen LogP contribution in [0.4, 0.5) is 0 Å². The van der Waals surface area contributed by atoms with Crippen LogP contribution < -0.4 is 5.56 Å². The molecule has 164 valence electrons. The Morgan fingerprint density at radius 3 is 2.58 bits per heavy atom. The van der Waals surface area contributed by atoms with Crippen LogP contribution in [0.1, 0.15) is 40.6 Å². The summed E-state index contributed by atoms with van der Waals surface area (Å²) in [6.07, 6.45) is 1.78. The largest absolute Gasteiger partial charge is 0.287 e. The molecule has 3 heterocycles. The van der Waals surface area contributed by atoms with Gasteiger partial charge < -0.3 is 0 Å². The molecule has 0 fully saturated rings. The van der Waals surface area contributed by atoms with E-state index in [1.54, 1.807) is 16.7 Å². The second kappa shape index (κ2) is 8.40. The van der Waals surface area contributed by atoms with Crippen LogP contribution in [0.2, 0.25) is 0 Å². The van der Waals surface area contributed by atoms with Crippen molar-refractivity contribution in [2.24, 2.45) is 0 Å². The Morgan fingerprint density at radius 1 is 1.13 bits per heavy atom. The molecule has 7 nitrogen and oxygen atoms in total. The lowest BCUT2D eigenvalue weighted by atomic mass is 10.2. The number of fused-ring (bicyclic) bond motifs is 2. The molecule has 0 unspecified atom stereocenters. The van der Waals surface area contributed by atoms with Crippen LogP contribution >= 0.6 is 23.1 Å². The first kappa shape index (κ1) is 22.0. The van der Waals surface area contributed by atoms with Crippen molar-refractivity contribution < 1.29 is 13.2 Å². The van der Waals surface area contributed by atoms with Gasteiger partial charge in [-0.05, 0) is 38.0 Å². The number of hydrogen-bond acceptors (Lipinski definition) is 7. The third-order valence-electron chi connectivity index (χ3n) is 5.43. The van der Waals surface area contributed by atoms with E-state index in [9.17, 15) is 18.0 Å². The molecule has 1 aliphatic heterocycles. The number of thioether (sulfide) groups is 1. The fraction of sp³-hybridized carbons (Fsp3) is 0.381. The van der Waals surface area contributed by atoms with Crippen molar-refractivity contribution in [1.82, 2.24) is 13.9 Å². The molecule has 0 N–H and O–H groups in total. The molecule has 0 saturated heterocycles. The van der Waals surface area contributed by atoms with Gasteiger partial charge >= 0.3 is 0 Å². The highest BCUT2D eigenvalue weighted by Gasteiger charge is 2.40. The molecule has 0 saturated carbocycles. The zero-order chi connectivity index (χ0) is 22.3. The first-order valence-corrected chi connectivity index (χ1v) is 13.3. The number of carbonyl (C=O) groups excluding carboxylic acids is 1. The van der Waals surface area contributed by atoms with Gasteiger partial charge in [0.25, 0.3) is 21.5 Å². The summed E-state index contributed by atoms with van der Waals surface area (Å²) in [7, 11) is -3.84. The summed E-state index contributed by atoms with van der Waals surface area (Å²) in [6.45, 7) is 6.55. The maximum absolute atomic E-state index is 13.2. The third kappa shape index (κ3) is 3.70. The first-order valence-electron chi connectivity index (χ1n) is 10.1. The lowest BCUT2D eigenvalue weighted by Gasteiger charge is -2.16. The molecule has 1 aliphatic rings. The van der Waals surface area contributed by atoms with Crippen molar-refractivity contribution in [3.63, 3.8) is 0 Å². The lowest BCUT2D eigenvalue weighted by Crippen LogP contribution is -2.32. The maximum Gasteiger partial charge on any atom is 0.269 e. The molecule has 0 bridgehead atoms. The molecular formula is C21H23N3O4S3. The van der Waals surface area contributed by atoms with Crippen LogP contribution in [0.25, 0.3) is 10.2 Å². The molecule has 2 aromatic heterocycles. The van der Waals surface area contributed by atoms with Crippen molar-refractivity contribution in [2.45, 2.75) is 50.2 Å². The summed E-state index contributed by atoms with van der Waals surface area (Å²) < 4.78 is 28.1. The predicted octanol–water partition coefficient (Wildman–Crippen LogP) is 3.81. The molecule has 0 spiro atoms. The average molecular weight is 478 g/mol. The number of nitrogens with zero attached hydrogens (tertiary/aromatic N) is 3. The minimum absolute atomic E-state index is 0.0185. The van der Waals surface area contributed by atoms with E-state index in [4.69, 9.17) is 4.98 Å². The van der Waals surface area contributed by atoms with Gasteiger partial charge in [-0.25, -0.2) is 17.7 Å². The minimum atomic E-state index is -3.84. The smallest absolute Gasteiger partial charge is 0.269 e. The summed E-state index contributed by atoms with van der Waals surface area (Å²) in [6, 6.07) is 6.25. The third-order valence-corrected chi connectivity index (χ3v) is 9.32. The number of benzene rings is 1. The zero-order valence-corrected chi connectivity index (χ0v) is 20.0. The Morgan fingerprint density at radius 2 is 1.87 bits per heavy atom. The van der Waals surface area contributed by atoms with E-state index in [2.05, 4.69) is 6.92 Å². The monoisotopic (exact) mass is 477 g/mol. The second-order valence-corrected chi connectivity index (χ2v) is 11.5. The standard InChI is InChI=1S/C21H23N3O4S3/c1-4-5-10-23-20(26)17-13(2)14(3)30-18(17)22-21(23)29-12-11-24-19(25)15-8-6-7-9-16(15)31(24,27)28/h6-9H,4-5,10-12H2,1-3H3. The van der Waals surface area contributed by atoms with Crippen LogP contribution in [0.15, 0.2) is 39.1 Å². The Labute approximate surface area is 189 Å². The maximum atomic E-state index is 13.2. The Balaban J connectivity index is 1.61. The van der Waals surface area contributed by atoms with E-state index in [0.29, 0.717) is 27.7 Å². The van der Waals surface area contributed by atoms with E-state index < -0.39 is 15.9 Å². The van der Waals surface area contributed by atoms with Gasteiger partial charge in [-0.15, -0.1) is 11.3 Å². The fourth-order valence-electron chi connectivity index (χ4n) is 3.60. The Bertz CT molecular complexity index is 1340. The number of rotatable bonds is 7. The Kier molecular flexibility index (Phi) is 5.97. The van der Waals surface area contributed by atoms with E-state index in [-0.39, 0.29) is 22.6 Å². The average Bonchev–Trinajstić information content (AvgIpc) is 3.13. The van der Waals surface area contributed by atoms with Crippen molar-refractivity contribution in [1.29, 1.82) is 0 Å². The highest BCUT2D eigenvalue weighted by molar-refractivity contribution is 7.99. The minimum Gasteiger partial charge on any atom is -0.287 e. The molecule has 31 heavy (non-hydrogen) atoms. The van der Waals surface area contributed by atoms with Gasteiger partial charge in [-0.3, -0.25) is 14.2 Å². The van der Waals surface area contributed by atoms with Gasteiger partial charge in [-0.2, -0.15) is 0 Å². The number of aromatic nitrogens is 2. The predicted molar refractivity (Wildman–Crippen MR) is 124 cm³/mol. The highest BCUT2D eigenvalue weighted by Crippen LogP contribution is 2.31. The zero-order valence-electron chi connectivity index (χ0n) is 17.5. The van der Waals surface area contributed by atoms with Crippen LogP contribution in [-0.2, 0) is 16.6 Å². The molecule has 0 aliphatic carbocycles. The first-order chi connectivity index (χ1) is 14.8. The van der Waals surface area contributed by atoms with Gasteiger partial charge in [0.05, 0.1) is 10.9 Å². The van der Waals surface area contributed by atoms with Crippen LogP contribution in [0, 0.1) is 13.8 Å². The van der Waals surface area contributed by atoms with Gasteiger partial charge in [0.15, 0.2) is 5.16 Å². The lowest BCUT2D eigenvalue weighted by molar-refractivity contribution is 0.0876. The van der Waals surface area contributed by atoms with E-state index in [0.717, 1.165) is 27.6 Å². The SMILES string of the molecule is CCCCn1c(SCCN2C(=O)c3ccccc3S2(=O)=O)nc2sc(C)c(C)c2c1=O. The molecule has 3 aromatic rings. The number of hydrogen-bond donors (Lipinski definition) is 0. The number of amides is 1. The number of aryl methyl sites for hydroxylation is 2. The molecule has 4 rings (SSSR count). The summed E-state index contributed by atoms with van der Waals surface area (Å²) >= 11 is 2.80. The number of carbonyl (C=O) groups is 1. The van der Waals surface area contributed by atoms with Gasteiger partial charge in [0.2, 0.25) is 0 Å². The van der Waals surface area contributed by atoms with E-state index in [1.807, 2.05) is 13.8 Å². The summed E-state index contributed by atoms with van der Waals surface area (Å²) in [4.78, 5) is 32.3. The molecule has 0 radical (unpaired) electrons. The van der Waals surface area contributed by atoms with Crippen molar-refractivity contribution in [3.05, 3.63) is 50.6 Å². The van der Waals surface area contributed by atoms with Crippen LogP contribution in [0.3, 0.4) is 0 Å². The van der Waals surface area contributed by atoms with Crippen LogP contribution in [0.5, 0.6) is 0 Å². The second-order valence-electron chi connectivity index (χ2n) is 7.40. The molecular weight excluding hydrogens is 454 g/mol. The van der Waals surface area contributed by atoms with Gasteiger partial charge in [0, 0.05) is 23.7 Å². The number of unbranched alkanes of at least 4 members (excludes halogenated alkanes) is 1.